The molecule has 1 aromatic rings. The first-order valence-corrected chi connectivity index (χ1v) is 8.57. The summed E-state index contributed by atoms with van der Waals surface area (Å²) < 4.78 is 39.7. The summed E-state index contributed by atoms with van der Waals surface area (Å²) in [5.41, 5.74) is 0.908. The van der Waals surface area contributed by atoms with Crippen molar-refractivity contribution in [1.29, 1.82) is 0 Å². The lowest BCUT2D eigenvalue weighted by molar-refractivity contribution is -0.132. The molecular formula is C14H20FN3O3S. The molecule has 1 aliphatic rings. The Morgan fingerprint density at radius 3 is 2.32 bits per heavy atom. The number of benzene rings is 1. The second-order valence-electron chi connectivity index (χ2n) is 5.12. The molecule has 0 atom stereocenters. The Morgan fingerprint density at radius 1 is 1.18 bits per heavy atom. The van der Waals surface area contributed by atoms with E-state index in [1.54, 1.807) is 17.0 Å². The molecule has 122 valence electrons. The highest BCUT2D eigenvalue weighted by atomic mass is 32.2. The van der Waals surface area contributed by atoms with Crippen molar-refractivity contribution in [1.82, 2.24) is 13.9 Å². The van der Waals surface area contributed by atoms with Crippen LogP contribution in [0.4, 0.5) is 4.39 Å². The van der Waals surface area contributed by atoms with E-state index in [-0.39, 0.29) is 11.7 Å². The normalized spacial score (nSPS) is 16.7. The summed E-state index contributed by atoms with van der Waals surface area (Å²) >= 11 is 0. The molecule has 22 heavy (non-hydrogen) atoms. The third-order valence-electron chi connectivity index (χ3n) is 3.73. The van der Waals surface area contributed by atoms with Crippen molar-refractivity contribution < 1.29 is 17.6 Å². The Morgan fingerprint density at radius 2 is 1.77 bits per heavy atom. The lowest BCUT2D eigenvalue weighted by atomic mass is 10.1. The van der Waals surface area contributed by atoms with Gasteiger partial charge in [-0.15, -0.1) is 0 Å². The van der Waals surface area contributed by atoms with Crippen molar-refractivity contribution in [2.24, 2.45) is 0 Å². The van der Waals surface area contributed by atoms with Crippen LogP contribution in [0.3, 0.4) is 0 Å². The molecule has 0 aliphatic carbocycles. The minimum atomic E-state index is -3.42. The zero-order chi connectivity index (χ0) is 16.2. The Labute approximate surface area is 130 Å². The van der Waals surface area contributed by atoms with Gasteiger partial charge in [-0.25, -0.2) is 9.11 Å². The molecule has 1 N–H and O–H groups in total. The summed E-state index contributed by atoms with van der Waals surface area (Å²) in [6.45, 7) is 1.38. The summed E-state index contributed by atoms with van der Waals surface area (Å²) in [6.07, 6.45) is 0.887. The van der Waals surface area contributed by atoms with E-state index in [1.807, 2.05) is 0 Å². The molecule has 0 unspecified atom stereocenters. The molecule has 1 saturated heterocycles. The summed E-state index contributed by atoms with van der Waals surface area (Å²) in [7, 11) is -2.05. The van der Waals surface area contributed by atoms with Gasteiger partial charge in [-0.3, -0.25) is 4.79 Å². The predicted octanol–water partition coefficient (Wildman–Crippen LogP) is 0.367. The van der Waals surface area contributed by atoms with Gasteiger partial charge in [-0.2, -0.15) is 12.7 Å². The van der Waals surface area contributed by atoms with Crippen molar-refractivity contribution in [3.8, 4) is 0 Å². The van der Waals surface area contributed by atoms with Gasteiger partial charge >= 0.3 is 0 Å². The lowest BCUT2D eigenvalue weighted by Crippen LogP contribution is -2.52. The Balaban J connectivity index is 1.81. The highest BCUT2D eigenvalue weighted by molar-refractivity contribution is 7.87. The largest absolute Gasteiger partial charge is 0.340 e. The first kappa shape index (κ1) is 16.9. The van der Waals surface area contributed by atoms with Crippen molar-refractivity contribution in [3.05, 3.63) is 35.6 Å². The van der Waals surface area contributed by atoms with Gasteiger partial charge in [-0.1, -0.05) is 12.1 Å². The molecule has 0 radical (unpaired) electrons. The van der Waals surface area contributed by atoms with E-state index in [4.69, 9.17) is 0 Å². The average Bonchev–Trinajstić information content (AvgIpc) is 2.54. The van der Waals surface area contributed by atoms with E-state index in [1.165, 1.54) is 23.5 Å². The van der Waals surface area contributed by atoms with E-state index in [9.17, 15) is 17.6 Å². The van der Waals surface area contributed by atoms with Crippen molar-refractivity contribution in [3.63, 3.8) is 0 Å². The van der Waals surface area contributed by atoms with Gasteiger partial charge in [0, 0.05) is 39.6 Å². The molecule has 0 bridgehead atoms. The van der Waals surface area contributed by atoms with Crippen LogP contribution in [-0.2, 0) is 21.4 Å². The van der Waals surface area contributed by atoms with Crippen molar-refractivity contribution in [2.75, 3.05) is 33.2 Å². The average molecular weight is 329 g/mol. The quantitative estimate of drug-likeness (QED) is 0.848. The summed E-state index contributed by atoms with van der Waals surface area (Å²) in [5, 5.41) is 0. The third kappa shape index (κ3) is 4.25. The Kier molecular flexibility index (Phi) is 5.49. The SMILES string of the molecule is CNS(=O)(=O)N1CCN(C(=O)CCc2ccc(F)cc2)CC1. The fraction of sp³-hybridized carbons (Fsp3) is 0.500. The zero-order valence-electron chi connectivity index (χ0n) is 12.5. The highest BCUT2D eigenvalue weighted by Gasteiger charge is 2.27. The second kappa shape index (κ2) is 7.17. The standard InChI is InChI=1S/C14H20FN3O3S/c1-16-22(20,21)18-10-8-17(9-11-18)14(19)7-4-12-2-5-13(15)6-3-12/h2-3,5-6,16H,4,7-11H2,1H3. The maximum atomic E-state index is 12.8. The number of rotatable bonds is 5. The van der Waals surface area contributed by atoms with Crippen LogP contribution in [0.25, 0.3) is 0 Å². The topological polar surface area (TPSA) is 69.7 Å². The predicted molar refractivity (Wildman–Crippen MR) is 80.9 cm³/mol. The molecule has 1 heterocycles. The van der Waals surface area contributed by atoms with Crippen LogP contribution in [0.1, 0.15) is 12.0 Å². The molecule has 0 spiro atoms. The van der Waals surface area contributed by atoms with Gasteiger partial charge in [0.25, 0.3) is 10.2 Å². The third-order valence-corrected chi connectivity index (χ3v) is 5.29. The van der Waals surface area contributed by atoms with Crippen LogP contribution in [-0.4, -0.2) is 56.8 Å². The van der Waals surface area contributed by atoms with Gasteiger partial charge in [0.1, 0.15) is 5.82 Å². The molecule has 6 nitrogen and oxygen atoms in total. The van der Waals surface area contributed by atoms with E-state index >= 15 is 0 Å². The van der Waals surface area contributed by atoms with Crippen LogP contribution < -0.4 is 4.72 Å². The van der Waals surface area contributed by atoms with Gasteiger partial charge in [0.15, 0.2) is 0 Å². The molecule has 1 amide bonds. The minimum absolute atomic E-state index is 0.00849. The van der Waals surface area contributed by atoms with E-state index in [2.05, 4.69) is 4.72 Å². The van der Waals surface area contributed by atoms with Gasteiger partial charge in [0.05, 0.1) is 0 Å². The van der Waals surface area contributed by atoms with Gasteiger partial charge in [0.2, 0.25) is 5.91 Å². The fourth-order valence-corrected chi connectivity index (χ4v) is 3.27. The number of hydrogen-bond acceptors (Lipinski definition) is 3. The molecule has 2 rings (SSSR count). The summed E-state index contributed by atoms with van der Waals surface area (Å²) in [4.78, 5) is 13.8. The van der Waals surface area contributed by atoms with Crippen LogP contribution in [0.15, 0.2) is 24.3 Å². The molecule has 1 aromatic carbocycles. The van der Waals surface area contributed by atoms with E-state index in [0.717, 1.165) is 5.56 Å². The molecule has 1 fully saturated rings. The zero-order valence-corrected chi connectivity index (χ0v) is 13.3. The van der Waals surface area contributed by atoms with Crippen LogP contribution in [0, 0.1) is 5.82 Å². The Bertz CT molecular complexity index is 611. The first-order chi connectivity index (χ1) is 10.4. The highest BCUT2D eigenvalue weighted by Crippen LogP contribution is 2.10. The van der Waals surface area contributed by atoms with Crippen LogP contribution in [0.5, 0.6) is 0 Å². The number of nitrogens with zero attached hydrogens (tertiary/aromatic N) is 2. The number of amides is 1. The Hall–Kier alpha value is -1.51. The summed E-state index contributed by atoms with van der Waals surface area (Å²) in [6, 6.07) is 6.09. The molecular weight excluding hydrogens is 309 g/mol. The maximum absolute atomic E-state index is 12.8. The number of halogens is 1. The maximum Gasteiger partial charge on any atom is 0.279 e. The van der Waals surface area contributed by atoms with Gasteiger partial charge in [-0.05, 0) is 24.1 Å². The minimum Gasteiger partial charge on any atom is -0.340 e. The molecule has 0 aromatic heterocycles. The lowest BCUT2D eigenvalue weighted by Gasteiger charge is -2.33. The smallest absolute Gasteiger partial charge is 0.279 e. The number of carbonyl (C=O) groups excluding carboxylic acids is 1. The van der Waals surface area contributed by atoms with Crippen LogP contribution >= 0.6 is 0 Å². The monoisotopic (exact) mass is 329 g/mol. The molecule has 1 aliphatic heterocycles. The molecule has 0 saturated carbocycles. The number of piperazine rings is 1. The number of carbonyl (C=O) groups is 1. The van der Waals surface area contributed by atoms with Crippen molar-refractivity contribution in [2.45, 2.75) is 12.8 Å². The summed E-state index contributed by atoms with van der Waals surface area (Å²) in [5.74, 6) is -0.303. The number of hydrogen-bond donors (Lipinski definition) is 1. The second-order valence-corrected chi connectivity index (χ2v) is 6.99. The first-order valence-electron chi connectivity index (χ1n) is 7.13. The van der Waals surface area contributed by atoms with E-state index < -0.39 is 10.2 Å². The van der Waals surface area contributed by atoms with E-state index in [0.29, 0.717) is 39.0 Å². The van der Waals surface area contributed by atoms with Gasteiger partial charge < -0.3 is 4.90 Å². The van der Waals surface area contributed by atoms with Crippen LogP contribution in [0.2, 0.25) is 0 Å². The van der Waals surface area contributed by atoms with Crippen molar-refractivity contribution >= 4 is 16.1 Å². The number of aryl methyl sites for hydroxylation is 1. The molecule has 8 heteroatoms. The fourth-order valence-electron chi connectivity index (χ4n) is 2.37. The number of nitrogens with one attached hydrogen (secondary N) is 1.